The molecule has 1 atom stereocenters. The van der Waals surface area contributed by atoms with Gasteiger partial charge in [-0.15, -0.1) is 0 Å². The van der Waals surface area contributed by atoms with Crippen molar-refractivity contribution in [1.82, 2.24) is 0 Å². The summed E-state index contributed by atoms with van der Waals surface area (Å²) >= 11 is 3.41. The summed E-state index contributed by atoms with van der Waals surface area (Å²) in [5.41, 5.74) is 6.04. The Kier molecular flexibility index (Phi) is 4.25. The van der Waals surface area contributed by atoms with E-state index in [0.717, 1.165) is 0 Å². The molecule has 2 rings (SSSR count). The van der Waals surface area contributed by atoms with Gasteiger partial charge in [-0.1, -0.05) is 13.8 Å². The Labute approximate surface area is 126 Å². The van der Waals surface area contributed by atoms with Crippen LogP contribution in [0.2, 0.25) is 0 Å². The number of hydrogen-bond acceptors (Lipinski definition) is 4. The molecule has 1 aromatic rings. The molecule has 1 aromatic carbocycles. The second-order valence-corrected chi connectivity index (χ2v) is 6.55. The number of carboxylic acids is 1. The molecule has 5 nitrogen and oxygen atoms in total. The predicted octanol–water partition coefficient (Wildman–Crippen LogP) is 2.37. The summed E-state index contributed by atoms with van der Waals surface area (Å²) in [4.78, 5) is 11.2. The topological polar surface area (TPSA) is 81.8 Å². The quantitative estimate of drug-likeness (QED) is 0.880. The van der Waals surface area contributed by atoms with E-state index in [1.54, 1.807) is 12.1 Å². The molecule has 1 aliphatic heterocycles. The number of hydrogen-bond donors (Lipinski definition) is 2. The van der Waals surface area contributed by atoms with Gasteiger partial charge >= 0.3 is 5.97 Å². The van der Waals surface area contributed by atoms with Crippen LogP contribution in [0, 0.1) is 5.41 Å². The van der Waals surface area contributed by atoms with Gasteiger partial charge in [0.25, 0.3) is 0 Å². The fraction of sp³-hybridized carbons (Fsp3) is 0.500. The summed E-state index contributed by atoms with van der Waals surface area (Å²) in [5, 5.41) is 9.19. The van der Waals surface area contributed by atoms with Crippen molar-refractivity contribution in [2.75, 3.05) is 19.8 Å². The van der Waals surface area contributed by atoms with E-state index >= 15 is 0 Å². The van der Waals surface area contributed by atoms with Gasteiger partial charge in [0.15, 0.2) is 11.5 Å². The maximum absolute atomic E-state index is 11.2. The van der Waals surface area contributed by atoms with Crippen LogP contribution >= 0.6 is 15.9 Å². The van der Waals surface area contributed by atoms with E-state index in [1.165, 1.54) is 0 Å². The molecule has 0 saturated heterocycles. The zero-order chi connectivity index (χ0) is 14.9. The minimum Gasteiger partial charge on any atom is -0.489 e. The maximum atomic E-state index is 11.2. The van der Waals surface area contributed by atoms with E-state index in [-0.39, 0.29) is 12.0 Å². The second kappa shape index (κ2) is 5.61. The molecule has 1 aliphatic rings. The van der Waals surface area contributed by atoms with Crippen molar-refractivity contribution in [2.45, 2.75) is 19.8 Å². The Hall–Kier alpha value is -1.27. The monoisotopic (exact) mass is 343 g/mol. The van der Waals surface area contributed by atoms with Gasteiger partial charge in [-0.2, -0.15) is 0 Å². The molecule has 6 heteroatoms. The molecular weight excluding hydrogens is 326 g/mol. The van der Waals surface area contributed by atoms with Gasteiger partial charge in [-0.3, -0.25) is 4.79 Å². The third kappa shape index (κ3) is 3.07. The number of fused-ring (bicyclic) bond motifs is 1. The standard InChI is InChI=1S/C14H18BrNO4/c1-14(2)6-19-11-4-8(9(5-16)13(17)18)3-10(15)12(11)20-7-14/h3-4,9H,5-7,16H2,1-2H3,(H,17,18). The SMILES string of the molecule is CC1(C)COc2cc(C(CN)C(=O)O)cc(Br)c2OC1. The molecule has 0 aromatic heterocycles. The van der Waals surface area contributed by atoms with Crippen LogP contribution in [-0.2, 0) is 4.79 Å². The summed E-state index contributed by atoms with van der Waals surface area (Å²) in [6.07, 6.45) is 0. The lowest BCUT2D eigenvalue weighted by Crippen LogP contribution is -2.26. The predicted molar refractivity (Wildman–Crippen MR) is 78.3 cm³/mol. The van der Waals surface area contributed by atoms with Gasteiger partial charge < -0.3 is 20.3 Å². The van der Waals surface area contributed by atoms with E-state index in [9.17, 15) is 9.90 Å². The highest BCUT2D eigenvalue weighted by Crippen LogP contribution is 2.41. The molecule has 0 spiro atoms. The fourth-order valence-corrected chi connectivity index (χ4v) is 2.57. The highest BCUT2D eigenvalue weighted by Gasteiger charge is 2.28. The normalized spacial score (nSPS) is 18.2. The van der Waals surface area contributed by atoms with E-state index < -0.39 is 11.9 Å². The minimum absolute atomic E-state index is 0.0346. The Balaban J connectivity index is 2.41. The Morgan fingerprint density at radius 1 is 1.45 bits per heavy atom. The smallest absolute Gasteiger partial charge is 0.312 e. The molecule has 0 radical (unpaired) electrons. The number of aliphatic carboxylic acids is 1. The summed E-state index contributed by atoms with van der Waals surface area (Å²) in [5.74, 6) is -0.536. The van der Waals surface area contributed by atoms with Crippen molar-refractivity contribution >= 4 is 21.9 Å². The average Bonchev–Trinajstić information content (AvgIpc) is 2.50. The highest BCUT2D eigenvalue weighted by atomic mass is 79.9. The van der Waals surface area contributed by atoms with Gasteiger partial charge in [0.1, 0.15) is 0 Å². The van der Waals surface area contributed by atoms with Crippen LogP contribution < -0.4 is 15.2 Å². The number of ether oxygens (including phenoxy) is 2. The first-order valence-corrected chi connectivity index (χ1v) is 7.15. The van der Waals surface area contributed by atoms with Crippen LogP contribution in [0.5, 0.6) is 11.5 Å². The summed E-state index contributed by atoms with van der Waals surface area (Å²) < 4.78 is 12.2. The van der Waals surface area contributed by atoms with E-state index in [0.29, 0.717) is 34.7 Å². The molecule has 1 unspecified atom stereocenters. The lowest BCUT2D eigenvalue weighted by molar-refractivity contribution is -0.138. The van der Waals surface area contributed by atoms with Crippen LogP contribution in [-0.4, -0.2) is 30.8 Å². The van der Waals surface area contributed by atoms with E-state index in [4.69, 9.17) is 15.2 Å². The molecule has 0 aliphatic carbocycles. The first-order chi connectivity index (χ1) is 9.34. The van der Waals surface area contributed by atoms with Crippen molar-refractivity contribution in [1.29, 1.82) is 0 Å². The highest BCUT2D eigenvalue weighted by molar-refractivity contribution is 9.10. The van der Waals surface area contributed by atoms with E-state index in [1.807, 2.05) is 13.8 Å². The maximum Gasteiger partial charge on any atom is 0.312 e. The van der Waals surface area contributed by atoms with Crippen LogP contribution in [0.15, 0.2) is 16.6 Å². The fourth-order valence-electron chi connectivity index (χ4n) is 2.00. The molecule has 0 saturated carbocycles. The molecule has 1 heterocycles. The lowest BCUT2D eigenvalue weighted by Gasteiger charge is -2.19. The Morgan fingerprint density at radius 2 is 2.10 bits per heavy atom. The number of carboxylic acid groups (broad SMARTS) is 1. The molecule has 0 amide bonds. The molecule has 3 N–H and O–H groups in total. The van der Waals surface area contributed by atoms with Crippen molar-refractivity contribution in [3.05, 3.63) is 22.2 Å². The number of benzene rings is 1. The van der Waals surface area contributed by atoms with E-state index in [2.05, 4.69) is 15.9 Å². The second-order valence-electron chi connectivity index (χ2n) is 5.70. The average molecular weight is 344 g/mol. The molecule has 110 valence electrons. The van der Waals surface area contributed by atoms with Crippen LogP contribution in [0.4, 0.5) is 0 Å². The molecule has 20 heavy (non-hydrogen) atoms. The number of carbonyl (C=O) groups is 1. The zero-order valence-electron chi connectivity index (χ0n) is 11.5. The first-order valence-electron chi connectivity index (χ1n) is 6.36. The Bertz CT molecular complexity index is 530. The van der Waals surface area contributed by atoms with Crippen molar-refractivity contribution < 1.29 is 19.4 Å². The van der Waals surface area contributed by atoms with Crippen LogP contribution in [0.3, 0.4) is 0 Å². The van der Waals surface area contributed by atoms with Crippen molar-refractivity contribution in [3.63, 3.8) is 0 Å². The number of rotatable bonds is 3. The third-order valence-corrected chi connectivity index (χ3v) is 3.78. The van der Waals surface area contributed by atoms with Crippen LogP contribution in [0.1, 0.15) is 25.3 Å². The molecular formula is C14H18BrNO4. The number of halogens is 1. The van der Waals surface area contributed by atoms with Gasteiger partial charge in [-0.25, -0.2) is 0 Å². The summed E-state index contributed by atoms with van der Waals surface area (Å²) in [7, 11) is 0. The largest absolute Gasteiger partial charge is 0.489 e. The van der Waals surface area contributed by atoms with Gasteiger partial charge in [-0.05, 0) is 33.6 Å². The molecule has 0 fully saturated rings. The van der Waals surface area contributed by atoms with Gasteiger partial charge in [0, 0.05) is 12.0 Å². The lowest BCUT2D eigenvalue weighted by atomic mass is 9.97. The van der Waals surface area contributed by atoms with Gasteiger partial charge in [0.05, 0.1) is 23.6 Å². The summed E-state index contributed by atoms with van der Waals surface area (Å²) in [6.45, 7) is 5.18. The zero-order valence-corrected chi connectivity index (χ0v) is 13.1. The number of nitrogens with two attached hydrogens (primary N) is 1. The van der Waals surface area contributed by atoms with Gasteiger partial charge in [0.2, 0.25) is 0 Å². The third-order valence-electron chi connectivity index (χ3n) is 3.19. The van der Waals surface area contributed by atoms with Crippen molar-refractivity contribution in [2.24, 2.45) is 11.1 Å². The summed E-state index contributed by atoms with van der Waals surface area (Å²) in [6, 6.07) is 3.43. The Morgan fingerprint density at radius 3 is 2.70 bits per heavy atom. The van der Waals surface area contributed by atoms with Crippen molar-refractivity contribution in [3.8, 4) is 11.5 Å². The van der Waals surface area contributed by atoms with Crippen LogP contribution in [0.25, 0.3) is 0 Å². The first kappa shape index (κ1) is 15.1. The minimum atomic E-state index is -0.950. The molecule has 0 bridgehead atoms.